The number of aromatic nitrogens is 4. The molecule has 3 aromatic rings. The zero-order chi connectivity index (χ0) is 18.5. The van der Waals surface area contributed by atoms with Gasteiger partial charge in [-0.3, -0.25) is 4.79 Å². The number of rotatable bonds is 8. The average molecular weight is 396 g/mol. The van der Waals surface area contributed by atoms with Gasteiger partial charge in [0.1, 0.15) is 17.6 Å². The van der Waals surface area contributed by atoms with E-state index in [1.807, 2.05) is 13.1 Å². The van der Waals surface area contributed by atoms with E-state index in [1.165, 1.54) is 24.8 Å². The van der Waals surface area contributed by atoms with Crippen molar-refractivity contribution < 1.29 is 14.3 Å². The van der Waals surface area contributed by atoms with Crippen LogP contribution in [0.3, 0.4) is 0 Å². The van der Waals surface area contributed by atoms with Crippen LogP contribution in [0.15, 0.2) is 18.7 Å². The lowest BCUT2D eigenvalue weighted by Crippen LogP contribution is -2.02. The number of nitrogens with one attached hydrogen (secondary N) is 1. The van der Waals surface area contributed by atoms with E-state index in [2.05, 4.69) is 25.1 Å². The fourth-order valence-electron chi connectivity index (χ4n) is 2.37. The largest absolute Gasteiger partial charge is 0.492 e. The number of carbonyl (C=O) groups excluding carboxylic acids is 1. The van der Waals surface area contributed by atoms with E-state index >= 15 is 0 Å². The molecule has 0 unspecified atom stereocenters. The third-order valence-electron chi connectivity index (χ3n) is 3.64. The van der Waals surface area contributed by atoms with Gasteiger partial charge in [-0.05, 0) is 13.3 Å². The van der Waals surface area contributed by atoms with Gasteiger partial charge >= 0.3 is 5.97 Å². The van der Waals surface area contributed by atoms with Crippen molar-refractivity contribution in [2.45, 2.75) is 19.8 Å². The number of hydrogen-bond donors (Lipinski definition) is 1. The highest BCUT2D eigenvalue weighted by molar-refractivity contribution is 7.15. The minimum Gasteiger partial charge on any atom is -0.492 e. The first-order chi connectivity index (χ1) is 12.6. The molecule has 0 spiro atoms. The lowest BCUT2D eigenvalue weighted by atomic mass is 10.3. The number of halogens is 1. The summed E-state index contributed by atoms with van der Waals surface area (Å²) in [5, 5.41) is 8.05. The van der Waals surface area contributed by atoms with Gasteiger partial charge in [-0.2, -0.15) is 5.10 Å². The number of carbonyl (C=O) groups is 1. The van der Waals surface area contributed by atoms with Crippen LogP contribution in [0.4, 0.5) is 10.9 Å². The van der Waals surface area contributed by atoms with Crippen LogP contribution in [0, 0.1) is 6.92 Å². The molecule has 0 fully saturated rings. The van der Waals surface area contributed by atoms with E-state index in [0.29, 0.717) is 23.4 Å². The van der Waals surface area contributed by atoms with Crippen LogP contribution in [0.5, 0.6) is 5.75 Å². The van der Waals surface area contributed by atoms with E-state index in [4.69, 9.17) is 16.3 Å². The summed E-state index contributed by atoms with van der Waals surface area (Å²) in [6, 6.07) is 0. The summed E-state index contributed by atoms with van der Waals surface area (Å²) in [7, 11) is 1.36. The predicted molar refractivity (Wildman–Crippen MR) is 99.7 cm³/mol. The van der Waals surface area contributed by atoms with Crippen molar-refractivity contribution in [1.82, 2.24) is 19.6 Å². The molecule has 8 nitrogen and oxygen atoms in total. The van der Waals surface area contributed by atoms with Gasteiger partial charge in [0.05, 0.1) is 26.3 Å². The maximum Gasteiger partial charge on any atom is 0.310 e. The lowest BCUT2D eigenvalue weighted by molar-refractivity contribution is -0.139. The summed E-state index contributed by atoms with van der Waals surface area (Å²) in [4.78, 5) is 20.8. The highest BCUT2D eigenvalue weighted by atomic mass is 35.5. The molecule has 0 saturated heterocycles. The maximum absolute atomic E-state index is 11.4. The molecular formula is C16H18ClN5O3S. The van der Waals surface area contributed by atoms with Crippen LogP contribution in [0.2, 0.25) is 0 Å². The molecule has 26 heavy (non-hydrogen) atoms. The highest BCUT2D eigenvalue weighted by Crippen LogP contribution is 2.31. The molecule has 3 heterocycles. The minimum absolute atomic E-state index is 0.192. The van der Waals surface area contributed by atoms with Crippen molar-refractivity contribution in [3.05, 3.63) is 29.2 Å². The van der Waals surface area contributed by atoms with Crippen molar-refractivity contribution in [2.24, 2.45) is 0 Å². The molecule has 0 aliphatic rings. The van der Waals surface area contributed by atoms with E-state index in [0.717, 1.165) is 28.1 Å². The third-order valence-corrected chi connectivity index (χ3v) is 4.82. The molecule has 10 heteroatoms. The number of thiazole rings is 1. The van der Waals surface area contributed by atoms with Gasteiger partial charge in [0.15, 0.2) is 10.9 Å². The van der Waals surface area contributed by atoms with Gasteiger partial charge in [-0.25, -0.2) is 14.5 Å². The van der Waals surface area contributed by atoms with Crippen molar-refractivity contribution in [2.75, 3.05) is 24.9 Å². The Labute approximate surface area is 159 Å². The molecule has 0 aliphatic heterocycles. The number of nitrogens with zero attached hydrogens (tertiary/aromatic N) is 4. The summed E-state index contributed by atoms with van der Waals surface area (Å²) in [5.41, 5.74) is 1.73. The van der Waals surface area contributed by atoms with Crippen LogP contribution in [-0.4, -0.2) is 45.1 Å². The van der Waals surface area contributed by atoms with Crippen LogP contribution in [-0.2, 0) is 16.0 Å². The number of alkyl halides is 1. The molecular weight excluding hydrogens is 378 g/mol. The molecule has 0 aromatic carbocycles. The summed E-state index contributed by atoms with van der Waals surface area (Å²) >= 11 is 7.06. The molecule has 138 valence electrons. The Balaban J connectivity index is 1.82. The molecule has 3 aromatic heterocycles. The van der Waals surface area contributed by atoms with Crippen molar-refractivity contribution >= 4 is 45.4 Å². The molecule has 3 rings (SSSR count). The Morgan fingerprint density at radius 1 is 1.42 bits per heavy atom. The van der Waals surface area contributed by atoms with Gasteiger partial charge in [0.2, 0.25) is 0 Å². The van der Waals surface area contributed by atoms with Gasteiger partial charge in [0, 0.05) is 22.5 Å². The number of anilines is 2. The predicted octanol–water partition coefficient (Wildman–Crippen LogP) is 2.96. The van der Waals surface area contributed by atoms with Gasteiger partial charge in [-0.15, -0.1) is 22.9 Å². The van der Waals surface area contributed by atoms with E-state index in [-0.39, 0.29) is 12.4 Å². The number of hydrogen-bond acceptors (Lipinski definition) is 8. The Kier molecular flexibility index (Phi) is 5.89. The van der Waals surface area contributed by atoms with Gasteiger partial charge < -0.3 is 14.8 Å². The normalized spacial score (nSPS) is 10.9. The van der Waals surface area contributed by atoms with Crippen LogP contribution >= 0.6 is 22.9 Å². The zero-order valence-corrected chi connectivity index (χ0v) is 15.9. The Morgan fingerprint density at radius 3 is 3.04 bits per heavy atom. The molecule has 0 amide bonds. The second-order valence-corrected chi connectivity index (χ2v) is 6.91. The highest BCUT2D eigenvalue weighted by Gasteiger charge is 2.15. The molecule has 0 atom stereocenters. The van der Waals surface area contributed by atoms with Gasteiger partial charge in [-0.1, -0.05) is 0 Å². The van der Waals surface area contributed by atoms with Crippen LogP contribution < -0.4 is 10.1 Å². The maximum atomic E-state index is 11.4. The average Bonchev–Trinajstić information content (AvgIpc) is 3.20. The first kappa shape index (κ1) is 18.4. The number of fused-ring (bicyclic) bond motifs is 1. The molecule has 1 N–H and O–H groups in total. The fraction of sp³-hybridized carbons (Fsp3) is 0.375. The van der Waals surface area contributed by atoms with Crippen molar-refractivity contribution in [3.63, 3.8) is 0 Å². The Bertz CT molecular complexity index is 911. The van der Waals surface area contributed by atoms with Gasteiger partial charge in [0.25, 0.3) is 0 Å². The third kappa shape index (κ3) is 4.05. The zero-order valence-electron chi connectivity index (χ0n) is 14.4. The summed E-state index contributed by atoms with van der Waals surface area (Å²) in [6.07, 6.45) is 5.88. The smallest absolute Gasteiger partial charge is 0.310 e. The quantitative estimate of drug-likeness (QED) is 0.356. The molecule has 0 aliphatic carbocycles. The number of esters is 1. The Morgan fingerprint density at radius 2 is 2.27 bits per heavy atom. The van der Waals surface area contributed by atoms with Crippen LogP contribution in [0.25, 0.3) is 5.52 Å². The second kappa shape index (κ2) is 8.33. The molecule has 0 radical (unpaired) electrons. The topological polar surface area (TPSA) is 90.6 Å². The number of aryl methyl sites for hydroxylation is 1. The lowest BCUT2D eigenvalue weighted by Gasteiger charge is -2.05. The number of ether oxygens (including phenoxy) is 2. The summed E-state index contributed by atoms with van der Waals surface area (Å²) in [6.45, 7) is 2.49. The first-order valence-electron chi connectivity index (χ1n) is 7.92. The summed E-state index contributed by atoms with van der Waals surface area (Å²) in [5.74, 6) is 1.61. The molecule has 0 bridgehead atoms. The SMILES string of the molecule is COC(=O)Cc1cnc(Nc2ncnn3cc(OCCCCl)c(C)c23)s1. The van der Waals surface area contributed by atoms with Crippen molar-refractivity contribution in [3.8, 4) is 5.75 Å². The minimum atomic E-state index is -0.300. The van der Waals surface area contributed by atoms with E-state index < -0.39 is 0 Å². The van der Waals surface area contributed by atoms with Crippen LogP contribution in [0.1, 0.15) is 16.9 Å². The fourth-order valence-corrected chi connectivity index (χ4v) is 3.28. The summed E-state index contributed by atoms with van der Waals surface area (Å²) < 4.78 is 12.1. The standard InChI is InChI=1S/C16H18ClN5O3S/c1-10-12(25-5-3-4-17)8-22-14(10)15(19-9-20-22)21-16-18-7-11(26-16)6-13(23)24-2/h7-9H,3-6H2,1-2H3,(H,18,19,20,21). The first-order valence-corrected chi connectivity index (χ1v) is 9.27. The monoisotopic (exact) mass is 395 g/mol. The van der Waals surface area contributed by atoms with E-state index in [9.17, 15) is 4.79 Å². The number of methoxy groups -OCH3 is 1. The van der Waals surface area contributed by atoms with Crippen molar-refractivity contribution in [1.29, 1.82) is 0 Å². The molecule has 0 saturated carbocycles. The van der Waals surface area contributed by atoms with E-state index in [1.54, 1.807) is 10.7 Å². The Hall–Kier alpha value is -2.39. The second-order valence-electron chi connectivity index (χ2n) is 5.42.